The Hall–Kier alpha value is -0.610. The van der Waals surface area contributed by atoms with E-state index in [0.717, 1.165) is 11.0 Å². The number of likely N-dealkylation sites (tertiary alicyclic amines) is 1. The third kappa shape index (κ3) is 3.68. The van der Waals surface area contributed by atoms with Crippen molar-refractivity contribution in [1.82, 2.24) is 9.88 Å². The van der Waals surface area contributed by atoms with Gasteiger partial charge in [0.05, 0.1) is 0 Å². The summed E-state index contributed by atoms with van der Waals surface area (Å²) in [5.41, 5.74) is 0. The molecule has 1 N–H and O–H groups in total. The van der Waals surface area contributed by atoms with Gasteiger partial charge in [-0.3, -0.25) is 0 Å². The molecule has 1 unspecified atom stereocenters. The number of nitrogens with one attached hydrogen (secondary N) is 1. The molecule has 0 spiro atoms. The van der Waals surface area contributed by atoms with Crippen LogP contribution in [0.1, 0.15) is 33.1 Å². The van der Waals surface area contributed by atoms with E-state index in [2.05, 4.69) is 29.0 Å². The molecule has 1 aromatic heterocycles. The molecule has 96 valence electrons. The van der Waals surface area contributed by atoms with Crippen LogP contribution in [0.25, 0.3) is 0 Å². The van der Waals surface area contributed by atoms with Gasteiger partial charge in [0.25, 0.3) is 0 Å². The molecule has 0 saturated carbocycles. The predicted molar refractivity (Wildman–Crippen MR) is 74.7 cm³/mol. The summed E-state index contributed by atoms with van der Waals surface area (Å²) in [4.78, 5) is 6.88. The van der Waals surface area contributed by atoms with Crippen LogP contribution in [0.3, 0.4) is 0 Å². The molecule has 1 aromatic rings. The van der Waals surface area contributed by atoms with Crippen LogP contribution < -0.4 is 5.32 Å². The number of hydrogen-bond donors (Lipinski definition) is 1. The Morgan fingerprint density at radius 1 is 1.53 bits per heavy atom. The van der Waals surface area contributed by atoms with E-state index in [1.165, 1.54) is 38.9 Å². The molecule has 0 aliphatic carbocycles. The van der Waals surface area contributed by atoms with E-state index >= 15 is 0 Å². The maximum absolute atomic E-state index is 4.29. The predicted octanol–water partition coefficient (Wildman–Crippen LogP) is 3.07. The van der Waals surface area contributed by atoms with Crippen molar-refractivity contribution < 1.29 is 0 Å². The van der Waals surface area contributed by atoms with E-state index in [1.807, 2.05) is 11.6 Å². The van der Waals surface area contributed by atoms with Crippen molar-refractivity contribution >= 4 is 16.5 Å². The molecule has 3 nitrogen and oxygen atoms in total. The third-order valence-electron chi connectivity index (χ3n) is 3.66. The summed E-state index contributed by atoms with van der Waals surface area (Å²) in [5.74, 6) is 0.798. The summed E-state index contributed by atoms with van der Waals surface area (Å²) >= 11 is 1.69. The maximum atomic E-state index is 4.29. The highest BCUT2D eigenvalue weighted by Gasteiger charge is 2.23. The summed E-state index contributed by atoms with van der Waals surface area (Å²) in [7, 11) is 0. The summed E-state index contributed by atoms with van der Waals surface area (Å²) in [6.45, 7) is 8.35. The van der Waals surface area contributed by atoms with Crippen molar-refractivity contribution in [3.8, 4) is 0 Å². The van der Waals surface area contributed by atoms with E-state index in [9.17, 15) is 0 Å². The van der Waals surface area contributed by atoms with Gasteiger partial charge in [-0.05, 0) is 51.7 Å². The minimum absolute atomic E-state index is 0.546. The normalized spacial score (nSPS) is 20.4. The van der Waals surface area contributed by atoms with E-state index in [-0.39, 0.29) is 0 Å². The fraction of sp³-hybridized carbons (Fsp3) is 0.769. The SMILES string of the molecule is CCCN1CCC(C(C)Nc2nccs2)CC1. The minimum Gasteiger partial charge on any atom is -0.359 e. The van der Waals surface area contributed by atoms with E-state index in [1.54, 1.807) is 11.3 Å². The monoisotopic (exact) mass is 253 g/mol. The van der Waals surface area contributed by atoms with Gasteiger partial charge in [-0.1, -0.05) is 6.92 Å². The number of anilines is 1. The molecule has 2 heterocycles. The van der Waals surface area contributed by atoms with Gasteiger partial charge in [0.2, 0.25) is 0 Å². The average Bonchev–Trinajstić information content (AvgIpc) is 2.83. The van der Waals surface area contributed by atoms with Crippen molar-refractivity contribution in [3.05, 3.63) is 11.6 Å². The lowest BCUT2D eigenvalue weighted by atomic mass is 9.90. The first kappa shape index (κ1) is 12.8. The Morgan fingerprint density at radius 2 is 2.29 bits per heavy atom. The molecule has 2 rings (SSSR count). The van der Waals surface area contributed by atoms with Crippen molar-refractivity contribution in [2.24, 2.45) is 5.92 Å². The van der Waals surface area contributed by atoms with Gasteiger partial charge < -0.3 is 10.2 Å². The number of rotatable bonds is 5. The topological polar surface area (TPSA) is 28.2 Å². The van der Waals surface area contributed by atoms with E-state index < -0.39 is 0 Å². The Bertz CT molecular complexity index is 304. The molecule has 1 atom stereocenters. The van der Waals surface area contributed by atoms with Crippen molar-refractivity contribution in [2.45, 2.75) is 39.2 Å². The van der Waals surface area contributed by atoms with Crippen molar-refractivity contribution in [1.29, 1.82) is 0 Å². The number of aromatic nitrogens is 1. The lowest BCUT2D eigenvalue weighted by Gasteiger charge is -2.34. The van der Waals surface area contributed by atoms with Crippen molar-refractivity contribution in [2.75, 3.05) is 25.0 Å². The highest BCUT2D eigenvalue weighted by Crippen LogP contribution is 2.23. The Morgan fingerprint density at radius 3 is 2.88 bits per heavy atom. The first-order valence-corrected chi connectivity index (χ1v) is 7.56. The molecule has 0 aromatic carbocycles. The second-order valence-electron chi connectivity index (χ2n) is 4.95. The summed E-state index contributed by atoms with van der Waals surface area (Å²) in [6, 6.07) is 0.546. The Balaban J connectivity index is 1.76. The van der Waals surface area contributed by atoms with Gasteiger partial charge >= 0.3 is 0 Å². The molecule has 1 fully saturated rings. The number of hydrogen-bond acceptors (Lipinski definition) is 4. The molecule has 1 aliphatic rings. The molecule has 1 aliphatic heterocycles. The Kier molecular flexibility index (Phi) is 4.80. The van der Waals surface area contributed by atoms with Gasteiger partial charge in [-0.2, -0.15) is 0 Å². The molecule has 1 saturated heterocycles. The standard InChI is InChI=1S/C13H23N3S/c1-3-7-16-8-4-12(5-9-16)11(2)15-13-14-6-10-17-13/h6,10-12H,3-5,7-9H2,1-2H3,(H,14,15). The number of piperidine rings is 1. The molecular weight excluding hydrogens is 230 g/mol. The fourth-order valence-corrected chi connectivity index (χ4v) is 3.23. The highest BCUT2D eigenvalue weighted by molar-refractivity contribution is 7.13. The van der Waals surface area contributed by atoms with Crippen LogP contribution in [-0.2, 0) is 0 Å². The lowest BCUT2D eigenvalue weighted by molar-refractivity contribution is 0.176. The van der Waals surface area contributed by atoms with Gasteiger partial charge in [-0.25, -0.2) is 4.98 Å². The first-order chi connectivity index (χ1) is 8.29. The second-order valence-corrected chi connectivity index (χ2v) is 5.84. The van der Waals surface area contributed by atoms with Crippen LogP contribution in [0.5, 0.6) is 0 Å². The van der Waals surface area contributed by atoms with Crippen LogP contribution in [0.2, 0.25) is 0 Å². The van der Waals surface area contributed by atoms with Crippen molar-refractivity contribution in [3.63, 3.8) is 0 Å². The molecule has 0 amide bonds. The zero-order chi connectivity index (χ0) is 12.1. The highest BCUT2D eigenvalue weighted by atomic mass is 32.1. The van der Waals surface area contributed by atoms with Crippen LogP contribution in [0.15, 0.2) is 11.6 Å². The largest absolute Gasteiger partial charge is 0.359 e. The molecular formula is C13H23N3S. The van der Waals surface area contributed by atoms with Gasteiger partial charge in [0.15, 0.2) is 5.13 Å². The maximum Gasteiger partial charge on any atom is 0.182 e. The fourth-order valence-electron chi connectivity index (χ4n) is 2.60. The van der Waals surface area contributed by atoms with Crippen LogP contribution in [0.4, 0.5) is 5.13 Å². The average molecular weight is 253 g/mol. The molecule has 0 bridgehead atoms. The number of nitrogens with zero attached hydrogens (tertiary/aromatic N) is 2. The lowest BCUT2D eigenvalue weighted by Crippen LogP contribution is -2.39. The molecule has 17 heavy (non-hydrogen) atoms. The van der Waals surface area contributed by atoms with E-state index in [0.29, 0.717) is 6.04 Å². The zero-order valence-corrected chi connectivity index (χ0v) is 11.7. The smallest absolute Gasteiger partial charge is 0.182 e. The van der Waals surface area contributed by atoms with Gasteiger partial charge in [0.1, 0.15) is 0 Å². The molecule has 4 heteroatoms. The third-order valence-corrected chi connectivity index (χ3v) is 4.37. The second kappa shape index (κ2) is 6.36. The minimum atomic E-state index is 0.546. The zero-order valence-electron chi connectivity index (χ0n) is 10.9. The van der Waals surface area contributed by atoms with Crippen LogP contribution in [0, 0.1) is 5.92 Å². The van der Waals surface area contributed by atoms with Crippen LogP contribution >= 0.6 is 11.3 Å². The van der Waals surface area contributed by atoms with Gasteiger partial charge in [0, 0.05) is 17.6 Å². The quantitative estimate of drug-likeness (QED) is 0.874. The van der Waals surface area contributed by atoms with Gasteiger partial charge in [-0.15, -0.1) is 11.3 Å². The molecule has 0 radical (unpaired) electrons. The summed E-state index contributed by atoms with van der Waals surface area (Å²) in [5, 5.41) is 6.62. The Labute approximate surface area is 108 Å². The first-order valence-electron chi connectivity index (χ1n) is 6.68. The van der Waals surface area contributed by atoms with Crippen LogP contribution in [-0.4, -0.2) is 35.6 Å². The number of thiazole rings is 1. The van der Waals surface area contributed by atoms with E-state index in [4.69, 9.17) is 0 Å². The summed E-state index contributed by atoms with van der Waals surface area (Å²) in [6.07, 6.45) is 5.78. The summed E-state index contributed by atoms with van der Waals surface area (Å²) < 4.78 is 0.